The standard InChI is InChI=1S/C24H34N2O3/c27-23(26-9-1-2-10-26)16-19-5-14-29-24(17-19)7-11-25(12-8-24)18-20-3-4-22-21(15-20)6-13-28-22/h3-4,15,19H,1-2,5-14,16-18H2. The van der Waals surface area contributed by atoms with Crippen molar-refractivity contribution in [2.24, 2.45) is 5.92 Å². The molecule has 29 heavy (non-hydrogen) atoms. The molecule has 3 saturated heterocycles. The first-order valence-electron chi connectivity index (χ1n) is 11.6. The molecule has 1 aromatic rings. The zero-order chi connectivity index (χ0) is 19.7. The predicted octanol–water partition coefficient (Wildman–Crippen LogP) is 3.40. The highest BCUT2D eigenvalue weighted by molar-refractivity contribution is 5.76. The van der Waals surface area contributed by atoms with E-state index in [2.05, 4.69) is 28.0 Å². The van der Waals surface area contributed by atoms with Crippen LogP contribution in [-0.2, 0) is 22.5 Å². The zero-order valence-electron chi connectivity index (χ0n) is 17.5. The Balaban J connectivity index is 1.13. The van der Waals surface area contributed by atoms with Gasteiger partial charge in [-0.05, 0) is 61.6 Å². The van der Waals surface area contributed by atoms with Crippen LogP contribution in [0.15, 0.2) is 18.2 Å². The second-order valence-corrected chi connectivity index (χ2v) is 9.50. The van der Waals surface area contributed by atoms with Crippen molar-refractivity contribution in [2.45, 2.75) is 63.5 Å². The molecule has 0 aromatic heterocycles. The Morgan fingerprint density at radius 1 is 1.10 bits per heavy atom. The van der Waals surface area contributed by atoms with Crippen molar-refractivity contribution in [1.82, 2.24) is 9.80 Å². The summed E-state index contributed by atoms with van der Waals surface area (Å²) in [6.45, 7) is 6.77. The van der Waals surface area contributed by atoms with Gasteiger partial charge in [0.2, 0.25) is 5.91 Å². The molecule has 5 nitrogen and oxygen atoms in total. The summed E-state index contributed by atoms with van der Waals surface area (Å²) in [7, 11) is 0. The molecule has 3 fully saturated rings. The smallest absolute Gasteiger partial charge is 0.222 e. The van der Waals surface area contributed by atoms with E-state index in [0.29, 0.717) is 11.8 Å². The normalized spacial score (nSPS) is 26.5. The Kier molecular flexibility index (Phi) is 5.53. The number of ether oxygens (including phenoxy) is 2. The molecule has 5 rings (SSSR count). The molecule has 0 saturated carbocycles. The highest BCUT2D eigenvalue weighted by atomic mass is 16.5. The molecular weight excluding hydrogens is 364 g/mol. The van der Waals surface area contributed by atoms with Crippen molar-refractivity contribution in [3.63, 3.8) is 0 Å². The second kappa shape index (κ2) is 8.27. The van der Waals surface area contributed by atoms with E-state index in [1.54, 1.807) is 0 Å². The molecule has 1 unspecified atom stereocenters. The number of hydrogen-bond donors (Lipinski definition) is 0. The molecule has 5 heteroatoms. The molecule has 1 amide bonds. The van der Waals surface area contributed by atoms with Gasteiger partial charge in [0.1, 0.15) is 5.75 Å². The number of nitrogens with zero attached hydrogens (tertiary/aromatic N) is 2. The van der Waals surface area contributed by atoms with Crippen LogP contribution in [0, 0.1) is 5.92 Å². The maximum Gasteiger partial charge on any atom is 0.222 e. The monoisotopic (exact) mass is 398 g/mol. The molecule has 0 bridgehead atoms. The summed E-state index contributed by atoms with van der Waals surface area (Å²) in [4.78, 5) is 17.2. The van der Waals surface area contributed by atoms with Crippen molar-refractivity contribution in [1.29, 1.82) is 0 Å². The number of benzene rings is 1. The van der Waals surface area contributed by atoms with Gasteiger partial charge in [0.25, 0.3) is 0 Å². The molecule has 1 aromatic carbocycles. The number of hydrogen-bond acceptors (Lipinski definition) is 4. The van der Waals surface area contributed by atoms with Gasteiger partial charge in [-0.15, -0.1) is 0 Å². The molecule has 4 aliphatic rings. The summed E-state index contributed by atoms with van der Waals surface area (Å²) in [5.41, 5.74) is 2.76. The Labute approximate surface area is 174 Å². The Bertz CT molecular complexity index is 736. The first-order chi connectivity index (χ1) is 14.2. The Morgan fingerprint density at radius 2 is 1.93 bits per heavy atom. The maximum atomic E-state index is 12.6. The van der Waals surface area contributed by atoms with E-state index in [-0.39, 0.29) is 5.60 Å². The van der Waals surface area contributed by atoms with Gasteiger partial charge < -0.3 is 14.4 Å². The molecule has 1 spiro atoms. The molecular formula is C24H34N2O3. The van der Waals surface area contributed by atoms with Crippen LogP contribution in [0.25, 0.3) is 0 Å². The number of likely N-dealkylation sites (tertiary alicyclic amines) is 2. The van der Waals surface area contributed by atoms with Gasteiger partial charge in [-0.3, -0.25) is 9.69 Å². The minimum Gasteiger partial charge on any atom is -0.493 e. The molecule has 4 heterocycles. The van der Waals surface area contributed by atoms with Crippen LogP contribution in [0.2, 0.25) is 0 Å². The molecule has 0 N–H and O–H groups in total. The van der Waals surface area contributed by atoms with Crippen molar-refractivity contribution in [3.05, 3.63) is 29.3 Å². The average molecular weight is 399 g/mol. The first kappa shape index (κ1) is 19.4. The van der Waals surface area contributed by atoms with Gasteiger partial charge in [-0.2, -0.15) is 0 Å². The fourth-order valence-electron chi connectivity index (χ4n) is 5.71. The van der Waals surface area contributed by atoms with E-state index >= 15 is 0 Å². The van der Waals surface area contributed by atoms with Gasteiger partial charge in [-0.1, -0.05) is 12.1 Å². The van der Waals surface area contributed by atoms with Crippen LogP contribution in [0.4, 0.5) is 0 Å². The molecule has 158 valence electrons. The predicted molar refractivity (Wildman–Crippen MR) is 112 cm³/mol. The molecule has 1 atom stereocenters. The SMILES string of the molecule is O=C(CC1CCOC2(CCN(Cc3ccc4c(c3)CCO4)CC2)C1)N1CCCC1. The van der Waals surface area contributed by atoms with E-state index in [1.165, 1.54) is 24.0 Å². The summed E-state index contributed by atoms with van der Waals surface area (Å²) < 4.78 is 12.0. The van der Waals surface area contributed by atoms with Gasteiger partial charge in [0, 0.05) is 52.2 Å². The number of amides is 1. The lowest BCUT2D eigenvalue weighted by Gasteiger charge is -2.46. The minimum atomic E-state index is 0.0104. The summed E-state index contributed by atoms with van der Waals surface area (Å²) >= 11 is 0. The maximum absolute atomic E-state index is 12.6. The van der Waals surface area contributed by atoms with E-state index in [0.717, 1.165) is 90.2 Å². The highest BCUT2D eigenvalue weighted by Gasteiger charge is 2.41. The number of carbonyl (C=O) groups is 1. The van der Waals surface area contributed by atoms with Gasteiger partial charge in [0.05, 0.1) is 12.2 Å². The van der Waals surface area contributed by atoms with Crippen LogP contribution in [0.1, 0.15) is 56.1 Å². The largest absolute Gasteiger partial charge is 0.493 e. The Hall–Kier alpha value is -1.59. The molecule has 4 aliphatic heterocycles. The lowest BCUT2D eigenvalue weighted by atomic mass is 9.78. The van der Waals surface area contributed by atoms with Crippen molar-refractivity contribution in [2.75, 3.05) is 39.4 Å². The molecule has 0 radical (unpaired) electrons. The average Bonchev–Trinajstić information content (AvgIpc) is 3.42. The number of piperidine rings is 1. The second-order valence-electron chi connectivity index (χ2n) is 9.50. The lowest BCUT2D eigenvalue weighted by molar-refractivity contribution is -0.141. The number of carbonyl (C=O) groups excluding carboxylic acids is 1. The zero-order valence-corrected chi connectivity index (χ0v) is 17.5. The molecule has 0 aliphatic carbocycles. The summed E-state index contributed by atoms with van der Waals surface area (Å²) in [5, 5.41) is 0. The third-order valence-electron chi connectivity index (χ3n) is 7.44. The fourth-order valence-corrected chi connectivity index (χ4v) is 5.71. The van der Waals surface area contributed by atoms with Crippen LogP contribution in [0.5, 0.6) is 5.75 Å². The third-order valence-corrected chi connectivity index (χ3v) is 7.44. The van der Waals surface area contributed by atoms with Gasteiger partial charge in [-0.25, -0.2) is 0 Å². The summed E-state index contributed by atoms with van der Waals surface area (Å²) in [5.74, 6) is 1.94. The first-order valence-corrected chi connectivity index (χ1v) is 11.6. The van der Waals surface area contributed by atoms with Crippen LogP contribution < -0.4 is 4.74 Å². The van der Waals surface area contributed by atoms with Gasteiger partial charge in [0.15, 0.2) is 0 Å². The van der Waals surface area contributed by atoms with Crippen molar-refractivity contribution < 1.29 is 14.3 Å². The summed E-state index contributed by atoms with van der Waals surface area (Å²) in [6.07, 6.45) is 8.42. The van der Waals surface area contributed by atoms with E-state index in [9.17, 15) is 4.79 Å². The number of fused-ring (bicyclic) bond motifs is 1. The topological polar surface area (TPSA) is 42.0 Å². The lowest BCUT2D eigenvalue weighted by Crippen LogP contribution is -2.49. The minimum absolute atomic E-state index is 0.0104. The van der Waals surface area contributed by atoms with Crippen molar-refractivity contribution in [3.8, 4) is 5.75 Å². The van der Waals surface area contributed by atoms with E-state index < -0.39 is 0 Å². The van der Waals surface area contributed by atoms with Crippen LogP contribution in [0.3, 0.4) is 0 Å². The van der Waals surface area contributed by atoms with Crippen LogP contribution >= 0.6 is 0 Å². The Morgan fingerprint density at radius 3 is 2.76 bits per heavy atom. The fraction of sp³-hybridized carbons (Fsp3) is 0.708. The van der Waals surface area contributed by atoms with Crippen LogP contribution in [-0.4, -0.2) is 60.7 Å². The number of rotatable bonds is 4. The van der Waals surface area contributed by atoms with Crippen molar-refractivity contribution >= 4 is 5.91 Å². The highest BCUT2D eigenvalue weighted by Crippen LogP contribution is 2.39. The van der Waals surface area contributed by atoms with Gasteiger partial charge >= 0.3 is 0 Å². The quantitative estimate of drug-likeness (QED) is 0.780. The van der Waals surface area contributed by atoms with E-state index in [4.69, 9.17) is 9.47 Å². The summed E-state index contributed by atoms with van der Waals surface area (Å²) in [6, 6.07) is 6.67. The third kappa shape index (κ3) is 4.31. The van der Waals surface area contributed by atoms with E-state index in [1.807, 2.05) is 0 Å².